The maximum atomic E-state index is 5.63. The maximum absolute atomic E-state index is 5.63. The first-order chi connectivity index (χ1) is 10.1. The predicted octanol–water partition coefficient (Wildman–Crippen LogP) is 3.82. The van der Waals surface area contributed by atoms with Gasteiger partial charge in [-0.15, -0.1) is 0 Å². The smallest absolute Gasteiger partial charge is 0.196 e. The number of aromatic nitrogens is 4. The molecule has 0 fully saturated rings. The van der Waals surface area contributed by atoms with Crippen molar-refractivity contribution < 1.29 is 4.42 Å². The molecule has 6 heteroatoms. The third-order valence-corrected chi connectivity index (χ3v) is 3.85. The number of rotatable bonds is 3. The summed E-state index contributed by atoms with van der Waals surface area (Å²) in [5.74, 6) is 2.60. The third-order valence-electron chi connectivity index (χ3n) is 3.56. The van der Waals surface area contributed by atoms with Gasteiger partial charge in [0.2, 0.25) is 0 Å². The molecule has 0 amide bonds. The van der Waals surface area contributed by atoms with E-state index in [1.165, 1.54) is 0 Å². The van der Waals surface area contributed by atoms with Crippen LogP contribution >= 0.6 is 12.2 Å². The van der Waals surface area contributed by atoms with Crippen LogP contribution in [0.4, 0.5) is 0 Å². The van der Waals surface area contributed by atoms with Gasteiger partial charge >= 0.3 is 0 Å². The highest BCUT2D eigenvalue weighted by Gasteiger charge is 2.19. The SMILES string of the molecule is Cc1cc(C(C)n2c(-c3ccncc3)n[nH]c2=S)c(C)o1. The Morgan fingerprint density at radius 2 is 2.00 bits per heavy atom. The molecule has 1 N–H and O–H groups in total. The Bertz CT molecular complexity index is 816. The van der Waals surface area contributed by atoms with E-state index in [0.29, 0.717) is 4.77 Å². The van der Waals surface area contributed by atoms with Gasteiger partial charge in [-0.3, -0.25) is 14.6 Å². The zero-order chi connectivity index (χ0) is 15.0. The molecule has 5 nitrogen and oxygen atoms in total. The maximum Gasteiger partial charge on any atom is 0.196 e. The zero-order valence-corrected chi connectivity index (χ0v) is 12.9. The quantitative estimate of drug-likeness (QED) is 0.747. The molecule has 3 aromatic heterocycles. The summed E-state index contributed by atoms with van der Waals surface area (Å²) in [7, 11) is 0. The van der Waals surface area contributed by atoms with E-state index in [4.69, 9.17) is 16.6 Å². The molecule has 1 atom stereocenters. The highest BCUT2D eigenvalue weighted by Crippen LogP contribution is 2.28. The lowest BCUT2D eigenvalue weighted by Crippen LogP contribution is -2.09. The minimum absolute atomic E-state index is 0.0388. The van der Waals surface area contributed by atoms with Crippen molar-refractivity contribution in [2.24, 2.45) is 0 Å². The largest absolute Gasteiger partial charge is 0.466 e. The van der Waals surface area contributed by atoms with Gasteiger partial charge in [-0.25, -0.2) is 0 Å². The molecule has 0 saturated carbocycles. The van der Waals surface area contributed by atoms with Crippen LogP contribution in [-0.2, 0) is 0 Å². The molecule has 21 heavy (non-hydrogen) atoms. The Balaban J connectivity index is 2.13. The molecule has 0 aliphatic rings. The van der Waals surface area contributed by atoms with Gasteiger partial charge < -0.3 is 4.42 Å². The minimum atomic E-state index is 0.0388. The highest BCUT2D eigenvalue weighted by molar-refractivity contribution is 7.71. The van der Waals surface area contributed by atoms with Crippen molar-refractivity contribution in [3.8, 4) is 11.4 Å². The van der Waals surface area contributed by atoms with Gasteiger partial charge in [-0.05, 0) is 51.2 Å². The van der Waals surface area contributed by atoms with Crippen molar-refractivity contribution in [3.05, 3.63) is 52.4 Å². The number of pyridine rings is 1. The lowest BCUT2D eigenvalue weighted by atomic mass is 10.1. The molecule has 0 spiro atoms. The van der Waals surface area contributed by atoms with Gasteiger partial charge in [-0.1, -0.05) is 0 Å². The van der Waals surface area contributed by atoms with E-state index in [-0.39, 0.29) is 6.04 Å². The minimum Gasteiger partial charge on any atom is -0.466 e. The summed E-state index contributed by atoms with van der Waals surface area (Å²) in [4.78, 5) is 4.04. The molecule has 1 unspecified atom stereocenters. The average Bonchev–Trinajstić information content (AvgIpc) is 3.02. The second-order valence-electron chi connectivity index (χ2n) is 5.00. The Morgan fingerprint density at radius 3 is 2.62 bits per heavy atom. The second-order valence-corrected chi connectivity index (χ2v) is 5.39. The Morgan fingerprint density at radius 1 is 1.29 bits per heavy atom. The van der Waals surface area contributed by atoms with Gasteiger partial charge in [0.25, 0.3) is 0 Å². The first-order valence-electron chi connectivity index (χ1n) is 6.72. The Labute approximate surface area is 127 Å². The number of nitrogens with zero attached hydrogens (tertiary/aromatic N) is 3. The van der Waals surface area contributed by atoms with Crippen LogP contribution in [0.2, 0.25) is 0 Å². The number of furan rings is 1. The van der Waals surface area contributed by atoms with Crippen LogP contribution in [0.1, 0.15) is 30.0 Å². The molecule has 3 rings (SSSR count). The number of H-pyrrole nitrogens is 1. The number of aryl methyl sites for hydroxylation is 2. The fourth-order valence-corrected chi connectivity index (χ4v) is 2.86. The van der Waals surface area contributed by atoms with E-state index in [9.17, 15) is 0 Å². The number of nitrogens with one attached hydrogen (secondary N) is 1. The normalized spacial score (nSPS) is 12.5. The van der Waals surface area contributed by atoms with E-state index in [1.807, 2.05) is 36.6 Å². The molecule has 3 heterocycles. The monoisotopic (exact) mass is 300 g/mol. The van der Waals surface area contributed by atoms with Crippen LogP contribution in [0.5, 0.6) is 0 Å². The molecule has 0 bridgehead atoms. The molecule has 3 aromatic rings. The number of aromatic amines is 1. The van der Waals surface area contributed by atoms with Crippen LogP contribution in [0.15, 0.2) is 35.0 Å². The molecule has 0 radical (unpaired) electrons. The van der Waals surface area contributed by atoms with Crippen molar-refractivity contribution in [3.63, 3.8) is 0 Å². The van der Waals surface area contributed by atoms with Crippen molar-refractivity contribution in [1.82, 2.24) is 19.7 Å². The van der Waals surface area contributed by atoms with Gasteiger partial charge in [0.1, 0.15) is 11.5 Å². The third kappa shape index (κ3) is 2.42. The van der Waals surface area contributed by atoms with Crippen LogP contribution in [0.3, 0.4) is 0 Å². The summed E-state index contributed by atoms with van der Waals surface area (Å²) in [5, 5.41) is 7.23. The molecule has 0 aromatic carbocycles. The van der Waals surface area contributed by atoms with Crippen molar-refractivity contribution in [2.45, 2.75) is 26.8 Å². The van der Waals surface area contributed by atoms with Gasteiger partial charge in [-0.2, -0.15) is 5.10 Å². The molecule has 0 aliphatic carbocycles. The predicted molar refractivity (Wildman–Crippen MR) is 82.6 cm³/mol. The summed E-state index contributed by atoms with van der Waals surface area (Å²) in [6, 6.07) is 5.92. The molecular weight excluding hydrogens is 284 g/mol. The van der Waals surface area contributed by atoms with Crippen LogP contribution in [0.25, 0.3) is 11.4 Å². The van der Waals surface area contributed by atoms with E-state index >= 15 is 0 Å². The van der Waals surface area contributed by atoms with Crippen LogP contribution < -0.4 is 0 Å². The Hall–Kier alpha value is -2.21. The van der Waals surface area contributed by atoms with Gasteiger partial charge in [0, 0.05) is 23.5 Å². The Kier molecular flexibility index (Phi) is 3.47. The first-order valence-corrected chi connectivity index (χ1v) is 7.13. The van der Waals surface area contributed by atoms with Crippen molar-refractivity contribution >= 4 is 12.2 Å². The van der Waals surface area contributed by atoms with E-state index < -0.39 is 0 Å². The summed E-state index contributed by atoms with van der Waals surface area (Å²) in [6.07, 6.45) is 3.49. The fourth-order valence-electron chi connectivity index (χ4n) is 2.57. The lowest BCUT2D eigenvalue weighted by Gasteiger charge is -2.15. The van der Waals surface area contributed by atoms with E-state index in [0.717, 1.165) is 28.5 Å². The van der Waals surface area contributed by atoms with Gasteiger partial charge in [0.05, 0.1) is 6.04 Å². The van der Waals surface area contributed by atoms with E-state index in [2.05, 4.69) is 22.1 Å². The topological polar surface area (TPSA) is 59.6 Å². The summed E-state index contributed by atoms with van der Waals surface area (Å²) in [5.41, 5.74) is 2.09. The van der Waals surface area contributed by atoms with E-state index in [1.54, 1.807) is 12.4 Å². The molecular formula is C15H16N4OS. The zero-order valence-electron chi connectivity index (χ0n) is 12.1. The van der Waals surface area contributed by atoms with Crippen molar-refractivity contribution in [1.29, 1.82) is 0 Å². The second kappa shape index (κ2) is 5.29. The molecule has 108 valence electrons. The number of hydrogen-bond donors (Lipinski definition) is 1. The van der Waals surface area contributed by atoms with Crippen molar-refractivity contribution in [2.75, 3.05) is 0 Å². The number of hydrogen-bond acceptors (Lipinski definition) is 4. The van der Waals surface area contributed by atoms with Crippen LogP contribution in [-0.4, -0.2) is 19.7 Å². The fraction of sp³-hybridized carbons (Fsp3) is 0.267. The van der Waals surface area contributed by atoms with Gasteiger partial charge in [0.15, 0.2) is 10.6 Å². The van der Waals surface area contributed by atoms with Crippen LogP contribution in [0, 0.1) is 18.6 Å². The standard InChI is InChI=1S/C15H16N4OS/c1-9-8-13(11(3)20-9)10(2)19-14(17-18-15(19)21)12-4-6-16-7-5-12/h4-8,10H,1-3H3,(H,18,21). The summed E-state index contributed by atoms with van der Waals surface area (Å²) in [6.45, 7) is 6.00. The lowest BCUT2D eigenvalue weighted by molar-refractivity contribution is 0.494. The summed E-state index contributed by atoms with van der Waals surface area (Å²) >= 11 is 5.40. The average molecular weight is 300 g/mol. The molecule has 0 aliphatic heterocycles. The summed E-state index contributed by atoms with van der Waals surface area (Å²) < 4.78 is 8.22. The first kappa shape index (κ1) is 13.8. The molecule has 0 saturated heterocycles. The highest BCUT2D eigenvalue weighted by atomic mass is 32.1.